The lowest BCUT2D eigenvalue weighted by Crippen LogP contribution is -2.44. The molecule has 1 aromatic carbocycles. The molecule has 0 spiro atoms. The van der Waals surface area contributed by atoms with Crippen LogP contribution in [0.15, 0.2) is 18.2 Å². The number of hydrogen-bond acceptors (Lipinski definition) is 3. The molecule has 0 bridgehead atoms. The van der Waals surface area contributed by atoms with Crippen LogP contribution in [0.1, 0.15) is 0 Å². The monoisotopic (exact) mass is 274 g/mol. The Morgan fingerprint density at radius 1 is 1.24 bits per heavy atom. The third kappa shape index (κ3) is 4.03. The van der Waals surface area contributed by atoms with Gasteiger partial charge in [0.25, 0.3) is 0 Å². The van der Waals surface area contributed by atoms with Gasteiger partial charge in [-0.3, -0.25) is 4.90 Å². The van der Waals surface area contributed by atoms with Crippen molar-refractivity contribution < 1.29 is 4.74 Å². The molecule has 0 aliphatic carbocycles. The zero-order chi connectivity index (χ0) is 12.1. The highest BCUT2D eigenvalue weighted by atomic mass is 35.5. The molecule has 0 amide bonds. The highest BCUT2D eigenvalue weighted by molar-refractivity contribution is 6.35. The molecule has 0 aromatic heterocycles. The van der Waals surface area contributed by atoms with E-state index in [2.05, 4.69) is 10.2 Å². The number of hydrogen-bond donors (Lipinski definition) is 1. The van der Waals surface area contributed by atoms with E-state index in [-0.39, 0.29) is 0 Å². The lowest BCUT2D eigenvalue weighted by molar-refractivity contribution is 0.191. The van der Waals surface area contributed by atoms with E-state index >= 15 is 0 Å². The Morgan fingerprint density at radius 2 is 2.00 bits per heavy atom. The molecule has 94 valence electrons. The van der Waals surface area contributed by atoms with Gasteiger partial charge in [-0.1, -0.05) is 23.2 Å². The van der Waals surface area contributed by atoms with Gasteiger partial charge in [-0.2, -0.15) is 0 Å². The first-order valence-electron chi connectivity index (χ1n) is 5.76. The summed E-state index contributed by atoms with van der Waals surface area (Å²) in [5.41, 5.74) is 0. The molecule has 0 atom stereocenters. The predicted octanol–water partition coefficient (Wildman–Crippen LogP) is 2.28. The molecule has 1 heterocycles. The van der Waals surface area contributed by atoms with Gasteiger partial charge in [-0.25, -0.2) is 0 Å². The summed E-state index contributed by atoms with van der Waals surface area (Å²) in [5.74, 6) is 0.700. The van der Waals surface area contributed by atoms with E-state index in [1.165, 1.54) is 0 Å². The minimum absolute atomic E-state index is 0.567. The first-order chi connectivity index (χ1) is 8.25. The lowest BCUT2D eigenvalue weighted by atomic mass is 10.3. The van der Waals surface area contributed by atoms with E-state index < -0.39 is 0 Å². The second-order valence-electron chi connectivity index (χ2n) is 4.01. The van der Waals surface area contributed by atoms with Crippen LogP contribution >= 0.6 is 23.2 Å². The van der Waals surface area contributed by atoms with Crippen LogP contribution in [0.2, 0.25) is 10.0 Å². The van der Waals surface area contributed by atoms with Crippen LogP contribution in [-0.2, 0) is 0 Å². The number of benzene rings is 1. The fourth-order valence-corrected chi connectivity index (χ4v) is 2.27. The van der Waals surface area contributed by atoms with Crippen LogP contribution in [0.3, 0.4) is 0 Å². The van der Waals surface area contributed by atoms with Gasteiger partial charge in [0.1, 0.15) is 12.4 Å². The summed E-state index contributed by atoms with van der Waals surface area (Å²) in [5, 5.41) is 4.52. The van der Waals surface area contributed by atoms with Crippen LogP contribution in [-0.4, -0.2) is 44.2 Å². The van der Waals surface area contributed by atoms with Crippen LogP contribution in [0.5, 0.6) is 5.75 Å². The number of rotatable bonds is 4. The van der Waals surface area contributed by atoms with Crippen molar-refractivity contribution in [3.05, 3.63) is 28.2 Å². The van der Waals surface area contributed by atoms with Crippen molar-refractivity contribution in [2.45, 2.75) is 0 Å². The molecule has 1 N–H and O–H groups in total. The molecule has 1 aliphatic rings. The number of piperazine rings is 1. The smallest absolute Gasteiger partial charge is 0.138 e. The van der Waals surface area contributed by atoms with Crippen molar-refractivity contribution in [2.75, 3.05) is 39.3 Å². The molecule has 0 saturated carbocycles. The quantitative estimate of drug-likeness (QED) is 0.912. The highest BCUT2D eigenvalue weighted by Gasteiger charge is 2.09. The maximum atomic E-state index is 6.02. The van der Waals surface area contributed by atoms with E-state index in [4.69, 9.17) is 27.9 Å². The molecule has 5 heteroatoms. The Bertz CT molecular complexity index is 368. The normalized spacial score (nSPS) is 17.1. The van der Waals surface area contributed by atoms with Gasteiger partial charge in [0.2, 0.25) is 0 Å². The fraction of sp³-hybridized carbons (Fsp3) is 0.500. The highest BCUT2D eigenvalue weighted by Crippen LogP contribution is 2.27. The number of ether oxygens (including phenoxy) is 1. The standard InChI is InChI=1S/C12H16Cl2N2O/c13-10-1-2-12(11(14)9-10)17-8-7-16-5-3-15-4-6-16/h1-2,9,15H,3-8H2. The number of halogens is 2. The molecule has 3 nitrogen and oxygen atoms in total. The Kier molecular flexibility index (Phi) is 4.92. The molecule has 1 fully saturated rings. The third-order valence-electron chi connectivity index (χ3n) is 2.77. The van der Waals surface area contributed by atoms with Crippen molar-refractivity contribution in [2.24, 2.45) is 0 Å². The summed E-state index contributed by atoms with van der Waals surface area (Å²) in [7, 11) is 0. The van der Waals surface area contributed by atoms with Crippen molar-refractivity contribution in [3.8, 4) is 5.75 Å². The van der Waals surface area contributed by atoms with Crippen molar-refractivity contribution in [1.82, 2.24) is 10.2 Å². The molecular weight excluding hydrogens is 259 g/mol. The fourth-order valence-electron chi connectivity index (χ4n) is 1.81. The van der Waals surface area contributed by atoms with Crippen molar-refractivity contribution in [3.63, 3.8) is 0 Å². The SMILES string of the molecule is Clc1ccc(OCCN2CCNCC2)c(Cl)c1. The largest absolute Gasteiger partial charge is 0.491 e. The van der Waals surface area contributed by atoms with Gasteiger partial charge in [0.05, 0.1) is 5.02 Å². The van der Waals surface area contributed by atoms with Crippen molar-refractivity contribution in [1.29, 1.82) is 0 Å². The van der Waals surface area contributed by atoms with Gasteiger partial charge in [-0.15, -0.1) is 0 Å². The zero-order valence-corrected chi connectivity index (χ0v) is 11.1. The molecular formula is C12H16Cl2N2O. The van der Waals surface area contributed by atoms with Gasteiger partial charge in [0.15, 0.2) is 0 Å². The van der Waals surface area contributed by atoms with E-state index in [0.717, 1.165) is 32.7 Å². The minimum Gasteiger partial charge on any atom is -0.491 e. The summed E-state index contributed by atoms with van der Waals surface area (Å²) in [4.78, 5) is 2.38. The van der Waals surface area contributed by atoms with Gasteiger partial charge < -0.3 is 10.1 Å². The molecule has 17 heavy (non-hydrogen) atoms. The summed E-state index contributed by atoms with van der Waals surface area (Å²) in [6.45, 7) is 5.86. The summed E-state index contributed by atoms with van der Waals surface area (Å²) < 4.78 is 5.64. The van der Waals surface area contributed by atoms with Gasteiger partial charge in [-0.05, 0) is 18.2 Å². The molecule has 1 aromatic rings. The van der Waals surface area contributed by atoms with Crippen molar-refractivity contribution >= 4 is 23.2 Å². The van der Waals surface area contributed by atoms with Crippen LogP contribution < -0.4 is 10.1 Å². The Labute approximate surface area is 112 Å². The van der Waals surface area contributed by atoms with Crippen LogP contribution in [0.25, 0.3) is 0 Å². The first kappa shape index (κ1) is 13.0. The summed E-state index contributed by atoms with van der Waals surface area (Å²) in [6, 6.07) is 5.29. The number of nitrogens with zero attached hydrogens (tertiary/aromatic N) is 1. The van der Waals surface area contributed by atoms with E-state index in [1.807, 2.05) is 6.07 Å². The average molecular weight is 275 g/mol. The third-order valence-corrected chi connectivity index (χ3v) is 3.30. The van der Waals surface area contributed by atoms with E-state index in [0.29, 0.717) is 22.4 Å². The molecule has 1 aliphatic heterocycles. The maximum Gasteiger partial charge on any atom is 0.138 e. The van der Waals surface area contributed by atoms with Gasteiger partial charge >= 0.3 is 0 Å². The second kappa shape index (κ2) is 6.45. The molecule has 1 saturated heterocycles. The Morgan fingerprint density at radius 3 is 2.71 bits per heavy atom. The van der Waals surface area contributed by atoms with E-state index in [9.17, 15) is 0 Å². The van der Waals surface area contributed by atoms with Crippen LogP contribution in [0, 0.1) is 0 Å². The lowest BCUT2D eigenvalue weighted by Gasteiger charge is -2.26. The van der Waals surface area contributed by atoms with E-state index in [1.54, 1.807) is 12.1 Å². The minimum atomic E-state index is 0.567. The Balaban J connectivity index is 1.77. The molecule has 0 unspecified atom stereocenters. The Hall–Kier alpha value is -0.480. The average Bonchev–Trinajstić information content (AvgIpc) is 2.33. The summed E-state index contributed by atoms with van der Waals surface area (Å²) >= 11 is 11.8. The maximum absolute atomic E-state index is 6.02. The second-order valence-corrected chi connectivity index (χ2v) is 4.86. The summed E-state index contributed by atoms with van der Waals surface area (Å²) in [6.07, 6.45) is 0. The predicted molar refractivity (Wildman–Crippen MR) is 71.3 cm³/mol. The topological polar surface area (TPSA) is 24.5 Å². The van der Waals surface area contributed by atoms with Crippen LogP contribution in [0.4, 0.5) is 0 Å². The molecule has 0 radical (unpaired) electrons. The first-order valence-corrected chi connectivity index (χ1v) is 6.52. The van der Waals surface area contributed by atoms with Gasteiger partial charge in [0, 0.05) is 37.7 Å². The zero-order valence-electron chi connectivity index (χ0n) is 9.59. The number of nitrogens with one attached hydrogen (secondary N) is 1. The molecule has 2 rings (SSSR count).